The second kappa shape index (κ2) is 10.8. The monoisotopic (exact) mass is 385 g/mol. The van der Waals surface area contributed by atoms with E-state index in [1.165, 1.54) is 0 Å². The molecule has 0 bridgehead atoms. The van der Waals surface area contributed by atoms with Crippen LogP contribution in [0.4, 0.5) is 10.5 Å². The van der Waals surface area contributed by atoms with Crippen LogP contribution in [0.25, 0.3) is 0 Å². The van der Waals surface area contributed by atoms with Gasteiger partial charge in [0.2, 0.25) is 5.91 Å². The fourth-order valence-corrected chi connectivity index (χ4v) is 2.87. The van der Waals surface area contributed by atoms with Gasteiger partial charge in [-0.05, 0) is 38.0 Å². The van der Waals surface area contributed by atoms with E-state index in [0.717, 1.165) is 12.8 Å². The topological polar surface area (TPSA) is 95.1 Å². The number of likely N-dealkylation sites (tertiary alicyclic amines) is 1. The van der Waals surface area contributed by atoms with Gasteiger partial charge in [0.15, 0.2) is 5.96 Å². The summed E-state index contributed by atoms with van der Waals surface area (Å²) in [5, 5.41) is 9.08. The van der Waals surface area contributed by atoms with Crippen LogP contribution in [0.15, 0.2) is 29.3 Å². The minimum absolute atomic E-state index is 0.0711. The Hall–Kier alpha value is -3.21. The molecule has 2 rings (SSSR count). The quantitative estimate of drug-likeness (QED) is 0.405. The second-order valence-corrected chi connectivity index (χ2v) is 6.30. The summed E-state index contributed by atoms with van der Waals surface area (Å²) >= 11 is 0. The molecule has 0 spiro atoms. The maximum Gasteiger partial charge on any atom is 0.409 e. The van der Waals surface area contributed by atoms with Crippen LogP contribution in [-0.2, 0) is 9.53 Å². The maximum atomic E-state index is 12.1. The van der Waals surface area contributed by atoms with Crippen LogP contribution in [0.3, 0.4) is 0 Å². The predicted molar refractivity (Wildman–Crippen MR) is 109 cm³/mol. The number of nitrogens with one attached hydrogen (secondary N) is 3. The van der Waals surface area contributed by atoms with Gasteiger partial charge in [0, 0.05) is 37.4 Å². The minimum Gasteiger partial charge on any atom is -0.450 e. The van der Waals surface area contributed by atoms with E-state index in [1.807, 2.05) is 0 Å². The largest absolute Gasteiger partial charge is 0.450 e. The number of carbonyl (C=O) groups is 2. The molecule has 0 atom stereocenters. The van der Waals surface area contributed by atoms with Gasteiger partial charge in [-0.15, -0.1) is 6.42 Å². The number of hydrogen-bond donors (Lipinski definition) is 3. The highest BCUT2D eigenvalue weighted by Crippen LogP contribution is 2.11. The van der Waals surface area contributed by atoms with Crippen molar-refractivity contribution in [3.8, 4) is 12.3 Å². The molecule has 0 aromatic heterocycles. The highest BCUT2D eigenvalue weighted by atomic mass is 16.6. The molecule has 1 aromatic carbocycles. The molecule has 3 N–H and O–H groups in total. The highest BCUT2D eigenvalue weighted by Gasteiger charge is 2.24. The molecule has 1 aliphatic heterocycles. The molecule has 1 saturated heterocycles. The number of anilines is 1. The van der Waals surface area contributed by atoms with Gasteiger partial charge in [0.1, 0.15) is 0 Å². The standard InChI is InChI=1S/C20H27N5O3/c1-4-15-7-6-8-17(13-15)23-18(26)14-22-19(21-3)24-16-9-11-25(12-10-16)20(27)28-5-2/h1,6-8,13,16H,5,9-12,14H2,2-3H3,(H,23,26)(H2,21,22,24). The molecule has 0 aliphatic carbocycles. The molecule has 1 aliphatic rings. The summed E-state index contributed by atoms with van der Waals surface area (Å²) in [6, 6.07) is 7.28. The zero-order valence-corrected chi connectivity index (χ0v) is 16.3. The molecule has 0 unspecified atom stereocenters. The summed E-state index contributed by atoms with van der Waals surface area (Å²) in [7, 11) is 1.65. The summed E-state index contributed by atoms with van der Waals surface area (Å²) in [5.41, 5.74) is 1.36. The van der Waals surface area contributed by atoms with Gasteiger partial charge in [-0.2, -0.15) is 0 Å². The number of amides is 2. The fraction of sp³-hybridized carbons (Fsp3) is 0.450. The number of hydrogen-bond acceptors (Lipinski definition) is 4. The third kappa shape index (κ3) is 6.50. The molecular weight excluding hydrogens is 358 g/mol. The first-order valence-corrected chi connectivity index (χ1v) is 9.31. The van der Waals surface area contributed by atoms with Gasteiger partial charge in [-0.1, -0.05) is 12.0 Å². The molecule has 0 radical (unpaired) electrons. The van der Waals surface area contributed by atoms with Gasteiger partial charge in [0.25, 0.3) is 0 Å². The Morgan fingerprint density at radius 3 is 2.75 bits per heavy atom. The Kier molecular flexibility index (Phi) is 8.15. The highest BCUT2D eigenvalue weighted by molar-refractivity contribution is 5.95. The van der Waals surface area contributed by atoms with Crippen molar-refractivity contribution in [2.75, 3.05) is 38.6 Å². The predicted octanol–water partition coefficient (Wildman–Crippen LogP) is 1.39. The third-order valence-corrected chi connectivity index (χ3v) is 4.31. The van der Waals surface area contributed by atoms with E-state index in [4.69, 9.17) is 11.2 Å². The number of guanidine groups is 1. The van der Waals surface area contributed by atoms with Gasteiger partial charge >= 0.3 is 6.09 Å². The second-order valence-electron chi connectivity index (χ2n) is 6.30. The van der Waals surface area contributed by atoms with Gasteiger partial charge in [0.05, 0.1) is 13.2 Å². The van der Waals surface area contributed by atoms with Crippen LogP contribution >= 0.6 is 0 Å². The number of aliphatic imine (C=N–C) groups is 1. The molecule has 0 saturated carbocycles. The van der Waals surface area contributed by atoms with E-state index >= 15 is 0 Å². The van der Waals surface area contributed by atoms with Crippen LogP contribution < -0.4 is 16.0 Å². The zero-order valence-electron chi connectivity index (χ0n) is 16.3. The van der Waals surface area contributed by atoms with Gasteiger partial charge in [-0.3, -0.25) is 9.79 Å². The van der Waals surface area contributed by atoms with Gasteiger partial charge < -0.3 is 25.6 Å². The van der Waals surface area contributed by atoms with Crippen molar-refractivity contribution in [1.82, 2.24) is 15.5 Å². The molecule has 2 amide bonds. The Bertz CT molecular complexity index is 748. The first-order valence-electron chi connectivity index (χ1n) is 9.31. The average molecular weight is 385 g/mol. The SMILES string of the molecule is C#Cc1cccc(NC(=O)CNC(=NC)NC2CCN(C(=O)OCC)CC2)c1. The molecule has 1 heterocycles. The summed E-state index contributed by atoms with van der Waals surface area (Å²) in [6.45, 7) is 3.49. The molecule has 8 heteroatoms. The van der Waals surface area contributed by atoms with Crippen molar-refractivity contribution in [3.05, 3.63) is 29.8 Å². The van der Waals surface area contributed by atoms with Crippen LogP contribution in [-0.4, -0.2) is 62.2 Å². The smallest absolute Gasteiger partial charge is 0.409 e. The Morgan fingerprint density at radius 2 is 2.11 bits per heavy atom. The number of benzene rings is 1. The van der Waals surface area contributed by atoms with Crippen LogP contribution in [0.1, 0.15) is 25.3 Å². The van der Waals surface area contributed by atoms with Crippen molar-refractivity contribution in [2.45, 2.75) is 25.8 Å². The number of carbonyl (C=O) groups excluding carboxylic acids is 2. The summed E-state index contributed by atoms with van der Waals surface area (Å²) < 4.78 is 5.02. The Balaban J connectivity index is 1.75. The normalized spacial score (nSPS) is 14.8. The molecular formula is C20H27N5O3. The molecule has 28 heavy (non-hydrogen) atoms. The van der Waals surface area contributed by atoms with E-state index in [2.05, 4.69) is 26.9 Å². The first kappa shape index (κ1) is 21.1. The maximum absolute atomic E-state index is 12.1. The molecule has 8 nitrogen and oxygen atoms in total. The number of ether oxygens (including phenoxy) is 1. The van der Waals surface area contributed by atoms with Crippen LogP contribution in [0.2, 0.25) is 0 Å². The van der Waals surface area contributed by atoms with Crippen molar-refractivity contribution >= 4 is 23.6 Å². The first-order chi connectivity index (χ1) is 13.5. The summed E-state index contributed by atoms with van der Waals surface area (Å²) in [4.78, 5) is 29.7. The summed E-state index contributed by atoms with van der Waals surface area (Å²) in [5.74, 6) is 2.88. The minimum atomic E-state index is -0.269. The van der Waals surface area contributed by atoms with E-state index in [1.54, 1.807) is 43.1 Å². The van der Waals surface area contributed by atoms with Crippen molar-refractivity contribution in [3.63, 3.8) is 0 Å². The molecule has 1 fully saturated rings. The van der Waals surface area contributed by atoms with Crippen LogP contribution in [0, 0.1) is 12.3 Å². The number of piperidine rings is 1. The average Bonchev–Trinajstić information content (AvgIpc) is 2.71. The lowest BCUT2D eigenvalue weighted by Crippen LogP contribution is -2.50. The van der Waals surface area contributed by atoms with E-state index in [9.17, 15) is 9.59 Å². The third-order valence-electron chi connectivity index (χ3n) is 4.31. The lowest BCUT2D eigenvalue weighted by molar-refractivity contribution is -0.115. The number of terminal acetylenes is 1. The van der Waals surface area contributed by atoms with E-state index in [0.29, 0.717) is 36.9 Å². The number of nitrogens with zero attached hydrogens (tertiary/aromatic N) is 2. The number of rotatable bonds is 5. The zero-order chi connectivity index (χ0) is 20.4. The van der Waals surface area contributed by atoms with E-state index < -0.39 is 0 Å². The fourth-order valence-electron chi connectivity index (χ4n) is 2.87. The van der Waals surface area contributed by atoms with Crippen molar-refractivity contribution in [1.29, 1.82) is 0 Å². The summed E-state index contributed by atoms with van der Waals surface area (Å²) in [6.07, 6.45) is 6.66. The lowest BCUT2D eigenvalue weighted by Gasteiger charge is -2.32. The van der Waals surface area contributed by atoms with Crippen LogP contribution in [0.5, 0.6) is 0 Å². The Morgan fingerprint density at radius 1 is 1.36 bits per heavy atom. The lowest BCUT2D eigenvalue weighted by atomic mass is 10.1. The molecule has 1 aromatic rings. The van der Waals surface area contributed by atoms with Gasteiger partial charge in [-0.25, -0.2) is 4.79 Å². The molecule has 150 valence electrons. The van der Waals surface area contributed by atoms with E-state index in [-0.39, 0.29) is 24.6 Å². The Labute approximate surface area is 165 Å². The van der Waals surface area contributed by atoms with Crippen molar-refractivity contribution < 1.29 is 14.3 Å². The van der Waals surface area contributed by atoms with Crippen molar-refractivity contribution in [2.24, 2.45) is 4.99 Å².